The number of aromatic nitrogens is 1. The van der Waals surface area contributed by atoms with E-state index >= 15 is 0 Å². The number of nitrogens with one attached hydrogen (secondary N) is 1. The van der Waals surface area contributed by atoms with Gasteiger partial charge in [-0.2, -0.15) is 0 Å². The number of aromatic amines is 1. The van der Waals surface area contributed by atoms with Crippen molar-refractivity contribution in [3.05, 3.63) is 36.0 Å². The lowest BCUT2D eigenvalue weighted by Gasteiger charge is -2.23. The van der Waals surface area contributed by atoms with Crippen LogP contribution in [0.3, 0.4) is 0 Å². The molecule has 0 saturated carbocycles. The third kappa shape index (κ3) is 2.20. The van der Waals surface area contributed by atoms with Gasteiger partial charge >= 0.3 is 0 Å². The molecule has 1 aromatic carbocycles. The highest BCUT2D eigenvalue weighted by Crippen LogP contribution is 2.22. The number of nitrogens with zero attached hydrogens (tertiary/aromatic N) is 1. The Morgan fingerprint density at radius 1 is 1.35 bits per heavy atom. The molecule has 3 rings (SSSR count). The molecule has 5 nitrogen and oxygen atoms in total. The van der Waals surface area contributed by atoms with Gasteiger partial charge in [0, 0.05) is 35.8 Å². The van der Waals surface area contributed by atoms with Crippen molar-refractivity contribution in [3.8, 4) is 0 Å². The molecule has 1 atom stereocenters. The van der Waals surface area contributed by atoms with Gasteiger partial charge in [0.25, 0.3) is 5.91 Å². The number of fused-ring (bicyclic) bond motifs is 1. The zero-order valence-electron chi connectivity index (χ0n) is 11.2. The van der Waals surface area contributed by atoms with E-state index in [0.29, 0.717) is 12.0 Å². The van der Waals surface area contributed by atoms with Crippen molar-refractivity contribution in [1.29, 1.82) is 0 Å². The number of rotatable bonds is 2. The van der Waals surface area contributed by atoms with E-state index in [2.05, 4.69) is 4.98 Å². The van der Waals surface area contributed by atoms with Crippen LogP contribution in [0.2, 0.25) is 0 Å². The van der Waals surface area contributed by atoms with E-state index in [1.807, 2.05) is 18.2 Å². The first kappa shape index (κ1) is 13.2. The first-order valence-corrected chi connectivity index (χ1v) is 8.34. The summed E-state index contributed by atoms with van der Waals surface area (Å²) in [5.41, 5.74) is 1.51. The van der Waals surface area contributed by atoms with E-state index in [4.69, 9.17) is 0 Å². The van der Waals surface area contributed by atoms with Gasteiger partial charge in [-0.25, -0.2) is 8.42 Å². The monoisotopic (exact) mass is 292 g/mol. The highest BCUT2D eigenvalue weighted by atomic mass is 32.2. The van der Waals surface area contributed by atoms with Crippen LogP contribution in [0, 0.1) is 0 Å². The number of benzene rings is 1. The zero-order chi connectivity index (χ0) is 14.3. The summed E-state index contributed by atoms with van der Waals surface area (Å²) in [5, 5.41) is 0.866. The largest absolute Gasteiger partial charge is 0.361 e. The normalized spacial score (nSPS) is 21.1. The molecular weight excluding hydrogens is 276 g/mol. The Hall–Kier alpha value is -1.82. The van der Waals surface area contributed by atoms with E-state index in [9.17, 15) is 13.2 Å². The second-order valence-electron chi connectivity index (χ2n) is 5.22. The van der Waals surface area contributed by atoms with Gasteiger partial charge < -0.3 is 9.88 Å². The van der Waals surface area contributed by atoms with Crippen molar-refractivity contribution in [3.63, 3.8) is 0 Å². The fraction of sp³-hybridized carbons (Fsp3) is 0.357. The van der Waals surface area contributed by atoms with E-state index in [0.717, 1.165) is 10.9 Å². The number of carbonyl (C=O) groups excluding carboxylic acids is 1. The van der Waals surface area contributed by atoms with Crippen LogP contribution in [-0.2, 0) is 9.84 Å². The topological polar surface area (TPSA) is 70.2 Å². The minimum Gasteiger partial charge on any atom is -0.361 e. The third-order valence-electron chi connectivity index (χ3n) is 3.90. The lowest BCUT2D eigenvalue weighted by atomic mass is 10.1. The van der Waals surface area contributed by atoms with Gasteiger partial charge in [0.15, 0.2) is 9.84 Å². The Morgan fingerprint density at radius 3 is 2.85 bits per heavy atom. The van der Waals surface area contributed by atoms with Crippen LogP contribution in [0.25, 0.3) is 10.9 Å². The lowest BCUT2D eigenvalue weighted by Crippen LogP contribution is -2.37. The molecule has 1 N–H and O–H groups in total. The average molecular weight is 292 g/mol. The predicted octanol–water partition coefficient (Wildman–Crippen LogP) is 1.43. The Bertz CT molecular complexity index is 764. The van der Waals surface area contributed by atoms with Crippen molar-refractivity contribution < 1.29 is 13.2 Å². The highest BCUT2D eigenvalue weighted by molar-refractivity contribution is 7.91. The van der Waals surface area contributed by atoms with Gasteiger partial charge in [-0.1, -0.05) is 6.07 Å². The highest BCUT2D eigenvalue weighted by Gasteiger charge is 2.33. The molecular formula is C14H16N2O3S. The Morgan fingerprint density at radius 2 is 2.15 bits per heavy atom. The second kappa shape index (κ2) is 4.63. The fourth-order valence-electron chi connectivity index (χ4n) is 2.71. The van der Waals surface area contributed by atoms with Crippen molar-refractivity contribution in [2.45, 2.75) is 12.5 Å². The van der Waals surface area contributed by atoms with Crippen LogP contribution in [0.4, 0.5) is 0 Å². The fourth-order valence-corrected chi connectivity index (χ4v) is 4.48. The first-order valence-electron chi connectivity index (χ1n) is 6.52. The molecule has 0 spiro atoms. The summed E-state index contributed by atoms with van der Waals surface area (Å²) in [7, 11) is -1.31. The Kier molecular flexibility index (Phi) is 3.05. The molecule has 0 bridgehead atoms. The first-order chi connectivity index (χ1) is 9.48. The van der Waals surface area contributed by atoms with Crippen LogP contribution in [-0.4, -0.2) is 48.8 Å². The quantitative estimate of drug-likeness (QED) is 0.910. The number of sulfone groups is 1. The van der Waals surface area contributed by atoms with Crippen LogP contribution in [0.5, 0.6) is 0 Å². The van der Waals surface area contributed by atoms with Crippen LogP contribution in [0.1, 0.15) is 16.8 Å². The minimum atomic E-state index is -2.99. The molecule has 1 saturated heterocycles. The molecule has 1 aliphatic heterocycles. The van der Waals surface area contributed by atoms with Crippen molar-refractivity contribution >= 4 is 26.6 Å². The number of carbonyl (C=O) groups is 1. The maximum atomic E-state index is 12.6. The van der Waals surface area contributed by atoms with E-state index < -0.39 is 9.84 Å². The standard InChI is InChI=1S/C14H16N2O3S/c1-16(10-6-8-20(18,19)9-10)14(17)12-3-2-4-13-11(12)5-7-15-13/h2-5,7,10,15H,6,8-9H2,1H3. The molecule has 1 aromatic heterocycles. The molecule has 1 aliphatic rings. The summed E-state index contributed by atoms with van der Waals surface area (Å²) in [4.78, 5) is 17.2. The van der Waals surface area contributed by atoms with Crippen LogP contribution < -0.4 is 0 Å². The summed E-state index contributed by atoms with van der Waals surface area (Å²) < 4.78 is 23.1. The smallest absolute Gasteiger partial charge is 0.254 e. The van der Waals surface area contributed by atoms with Gasteiger partial charge in [-0.15, -0.1) is 0 Å². The second-order valence-corrected chi connectivity index (χ2v) is 7.45. The molecule has 1 fully saturated rings. The molecule has 2 heterocycles. The third-order valence-corrected chi connectivity index (χ3v) is 5.65. The van der Waals surface area contributed by atoms with Crippen LogP contribution >= 0.6 is 0 Å². The van der Waals surface area contributed by atoms with E-state index in [1.165, 1.54) is 0 Å². The van der Waals surface area contributed by atoms with Gasteiger partial charge in [0.1, 0.15) is 0 Å². The van der Waals surface area contributed by atoms with Crippen molar-refractivity contribution in [1.82, 2.24) is 9.88 Å². The summed E-state index contributed by atoms with van der Waals surface area (Å²) in [6.07, 6.45) is 2.31. The predicted molar refractivity (Wildman–Crippen MR) is 77.5 cm³/mol. The maximum Gasteiger partial charge on any atom is 0.254 e. The molecule has 106 valence electrons. The van der Waals surface area contributed by atoms with Gasteiger partial charge in [-0.3, -0.25) is 4.79 Å². The van der Waals surface area contributed by atoms with Crippen molar-refractivity contribution in [2.75, 3.05) is 18.6 Å². The summed E-state index contributed by atoms with van der Waals surface area (Å²) >= 11 is 0. The Balaban J connectivity index is 1.91. The number of hydrogen-bond donors (Lipinski definition) is 1. The maximum absolute atomic E-state index is 12.6. The number of amides is 1. The molecule has 2 aromatic rings. The molecule has 20 heavy (non-hydrogen) atoms. The molecule has 1 unspecified atom stereocenters. The SMILES string of the molecule is CN(C(=O)c1cccc2[nH]ccc12)C1CCS(=O)(=O)C1. The minimum absolute atomic E-state index is 0.0678. The van der Waals surface area contributed by atoms with E-state index in [1.54, 1.807) is 24.2 Å². The molecule has 6 heteroatoms. The number of hydrogen-bond acceptors (Lipinski definition) is 3. The molecule has 0 radical (unpaired) electrons. The number of H-pyrrole nitrogens is 1. The summed E-state index contributed by atoms with van der Waals surface area (Å²) in [6, 6.07) is 7.15. The average Bonchev–Trinajstić information content (AvgIpc) is 3.02. The van der Waals surface area contributed by atoms with Gasteiger partial charge in [-0.05, 0) is 24.6 Å². The zero-order valence-corrected chi connectivity index (χ0v) is 12.0. The van der Waals surface area contributed by atoms with Crippen molar-refractivity contribution in [2.24, 2.45) is 0 Å². The summed E-state index contributed by atoms with van der Waals surface area (Å²) in [5.74, 6) is 0.111. The lowest BCUT2D eigenvalue weighted by molar-refractivity contribution is 0.0749. The van der Waals surface area contributed by atoms with E-state index in [-0.39, 0.29) is 23.5 Å². The van der Waals surface area contributed by atoms with Gasteiger partial charge in [0.2, 0.25) is 0 Å². The summed E-state index contributed by atoms with van der Waals surface area (Å²) in [6.45, 7) is 0. The van der Waals surface area contributed by atoms with Gasteiger partial charge in [0.05, 0.1) is 11.5 Å². The molecule has 0 aliphatic carbocycles. The molecule has 1 amide bonds. The Labute approximate surface area is 117 Å². The van der Waals surface area contributed by atoms with Crippen LogP contribution in [0.15, 0.2) is 30.5 Å².